The minimum Gasteiger partial charge on any atom is -0.385 e. The molecule has 6 nitrogen and oxygen atoms in total. The van der Waals surface area contributed by atoms with Crippen molar-refractivity contribution in [3.8, 4) is 11.5 Å². The Hall–Kier alpha value is -2.54. The number of carbonyl (C=O) groups is 1. The molecule has 0 unspecified atom stereocenters. The minimum atomic E-state index is -0.305. The van der Waals surface area contributed by atoms with Crippen molar-refractivity contribution in [1.82, 2.24) is 15.0 Å². The van der Waals surface area contributed by atoms with Gasteiger partial charge in [-0.25, -0.2) is 4.39 Å². The van der Waals surface area contributed by atoms with E-state index in [4.69, 9.17) is 9.26 Å². The number of amides is 1. The van der Waals surface area contributed by atoms with Gasteiger partial charge in [0.05, 0.1) is 0 Å². The summed E-state index contributed by atoms with van der Waals surface area (Å²) in [6.07, 6.45) is 9.64. The SMILES string of the molecule is COCCC1(c2noc(-c3ccc(F)cc3)n2)CCN(C(=O)CC2=CCCCC2)CC1. The lowest BCUT2D eigenvalue weighted by Crippen LogP contribution is -2.46. The Labute approximate surface area is 182 Å². The first-order valence-electron chi connectivity index (χ1n) is 11.1. The quantitative estimate of drug-likeness (QED) is 0.601. The van der Waals surface area contributed by atoms with Crippen LogP contribution in [0.4, 0.5) is 4.39 Å². The molecular formula is C24H30FN3O3. The summed E-state index contributed by atoms with van der Waals surface area (Å²) in [5.41, 5.74) is 1.68. The number of ether oxygens (including phenoxy) is 1. The summed E-state index contributed by atoms with van der Waals surface area (Å²) < 4.78 is 24.1. The fourth-order valence-electron chi connectivity index (χ4n) is 4.59. The van der Waals surface area contributed by atoms with Crippen LogP contribution in [0.5, 0.6) is 0 Å². The number of rotatable bonds is 7. The predicted molar refractivity (Wildman–Crippen MR) is 115 cm³/mol. The van der Waals surface area contributed by atoms with E-state index in [2.05, 4.69) is 16.2 Å². The van der Waals surface area contributed by atoms with E-state index >= 15 is 0 Å². The van der Waals surface area contributed by atoms with Crippen molar-refractivity contribution >= 4 is 5.91 Å². The van der Waals surface area contributed by atoms with Crippen LogP contribution in [0, 0.1) is 5.82 Å². The van der Waals surface area contributed by atoms with Crippen LogP contribution in [0.3, 0.4) is 0 Å². The van der Waals surface area contributed by atoms with E-state index in [-0.39, 0.29) is 17.1 Å². The van der Waals surface area contributed by atoms with Gasteiger partial charge in [-0.15, -0.1) is 0 Å². The molecule has 0 N–H and O–H groups in total. The number of allylic oxidation sites excluding steroid dienone is 1. The van der Waals surface area contributed by atoms with Gasteiger partial charge in [-0.3, -0.25) is 4.79 Å². The molecule has 0 bridgehead atoms. The van der Waals surface area contributed by atoms with E-state index in [0.717, 1.165) is 32.1 Å². The molecule has 0 saturated carbocycles. The molecule has 1 saturated heterocycles. The number of methoxy groups -OCH3 is 1. The maximum Gasteiger partial charge on any atom is 0.257 e. The summed E-state index contributed by atoms with van der Waals surface area (Å²) in [6.45, 7) is 1.94. The molecule has 2 heterocycles. The van der Waals surface area contributed by atoms with Gasteiger partial charge in [0.15, 0.2) is 5.82 Å². The molecule has 166 valence electrons. The first kappa shape index (κ1) is 21.7. The molecule has 1 amide bonds. The Bertz CT molecular complexity index is 914. The highest BCUT2D eigenvalue weighted by Crippen LogP contribution is 2.38. The van der Waals surface area contributed by atoms with Gasteiger partial charge < -0.3 is 14.2 Å². The second kappa shape index (κ2) is 9.73. The number of aromatic nitrogens is 2. The van der Waals surface area contributed by atoms with Crippen molar-refractivity contribution in [2.45, 2.75) is 56.8 Å². The zero-order valence-electron chi connectivity index (χ0n) is 18.1. The number of hydrogen-bond acceptors (Lipinski definition) is 5. The second-order valence-electron chi connectivity index (χ2n) is 8.62. The zero-order valence-corrected chi connectivity index (χ0v) is 18.1. The summed E-state index contributed by atoms with van der Waals surface area (Å²) in [5.74, 6) is 0.940. The van der Waals surface area contributed by atoms with Gasteiger partial charge in [0, 0.05) is 44.2 Å². The maximum absolute atomic E-state index is 13.2. The van der Waals surface area contributed by atoms with E-state index in [0.29, 0.717) is 43.4 Å². The third-order valence-electron chi connectivity index (χ3n) is 6.61. The van der Waals surface area contributed by atoms with E-state index in [1.54, 1.807) is 19.2 Å². The third-order valence-corrected chi connectivity index (χ3v) is 6.61. The molecule has 0 spiro atoms. The molecule has 1 aliphatic heterocycles. The predicted octanol–water partition coefficient (Wildman–Crippen LogP) is 4.66. The van der Waals surface area contributed by atoms with Crippen LogP contribution in [-0.2, 0) is 14.9 Å². The number of halogens is 1. The van der Waals surface area contributed by atoms with Crippen LogP contribution < -0.4 is 0 Å². The summed E-state index contributed by atoms with van der Waals surface area (Å²) >= 11 is 0. The Kier molecular flexibility index (Phi) is 6.80. The second-order valence-corrected chi connectivity index (χ2v) is 8.62. The largest absolute Gasteiger partial charge is 0.385 e. The van der Waals surface area contributed by atoms with E-state index < -0.39 is 0 Å². The highest BCUT2D eigenvalue weighted by atomic mass is 19.1. The molecule has 2 aromatic rings. The molecule has 31 heavy (non-hydrogen) atoms. The molecule has 1 aromatic carbocycles. The first-order chi connectivity index (χ1) is 15.1. The van der Waals surface area contributed by atoms with Crippen LogP contribution in [0.1, 0.15) is 57.2 Å². The third kappa shape index (κ3) is 5.03. The lowest BCUT2D eigenvalue weighted by atomic mass is 9.75. The highest BCUT2D eigenvalue weighted by molar-refractivity contribution is 5.79. The van der Waals surface area contributed by atoms with Crippen molar-refractivity contribution in [2.75, 3.05) is 26.8 Å². The standard InChI is InChI=1S/C24H30FN3O3/c1-30-16-13-24(23-26-22(31-27-23)19-7-9-20(25)10-8-19)11-14-28(15-12-24)21(29)17-18-5-3-2-4-6-18/h5,7-10H,2-4,6,11-17H2,1H3. The lowest BCUT2D eigenvalue weighted by Gasteiger charge is -2.40. The van der Waals surface area contributed by atoms with Crippen molar-refractivity contribution < 1.29 is 18.4 Å². The summed E-state index contributed by atoms with van der Waals surface area (Å²) in [5, 5.41) is 4.28. The van der Waals surface area contributed by atoms with Crippen molar-refractivity contribution in [2.24, 2.45) is 0 Å². The summed E-state index contributed by atoms with van der Waals surface area (Å²) in [6, 6.07) is 6.03. The first-order valence-corrected chi connectivity index (χ1v) is 11.1. The number of benzene rings is 1. The molecule has 0 radical (unpaired) electrons. The molecule has 1 aliphatic carbocycles. The maximum atomic E-state index is 13.2. The van der Waals surface area contributed by atoms with Gasteiger partial charge in [-0.05, 0) is 69.2 Å². The number of nitrogens with zero attached hydrogens (tertiary/aromatic N) is 3. The van der Waals surface area contributed by atoms with Crippen LogP contribution in [0.25, 0.3) is 11.5 Å². The highest BCUT2D eigenvalue weighted by Gasteiger charge is 2.41. The minimum absolute atomic E-state index is 0.216. The van der Waals surface area contributed by atoms with Gasteiger partial charge in [-0.2, -0.15) is 4.98 Å². The number of hydrogen-bond donors (Lipinski definition) is 0. The number of likely N-dealkylation sites (tertiary alicyclic amines) is 1. The van der Waals surface area contributed by atoms with Crippen LogP contribution in [0.2, 0.25) is 0 Å². The van der Waals surface area contributed by atoms with Crippen LogP contribution >= 0.6 is 0 Å². The average molecular weight is 428 g/mol. The van der Waals surface area contributed by atoms with Crippen molar-refractivity contribution in [3.63, 3.8) is 0 Å². The molecule has 7 heteroatoms. The monoisotopic (exact) mass is 427 g/mol. The fourth-order valence-corrected chi connectivity index (χ4v) is 4.59. The smallest absolute Gasteiger partial charge is 0.257 e. The van der Waals surface area contributed by atoms with Crippen LogP contribution in [0.15, 0.2) is 40.4 Å². The zero-order chi connectivity index (χ0) is 21.7. The van der Waals surface area contributed by atoms with Gasteiger partial charge in [0.25, 0.3) is 5.89 Å². The Morgan fingerprint density at radius 3 is 2.68 bits per heavy atom. The topological polar surface area (TPSA) is 68.5 Å². The fraction of sp³-hybridized carbons (Fsp3) is 0.542. The normalized spacial score (nSPS) is 18.6. The number of piperidine rings is 1. The molecule has 0 atom stereocenters. The summed E-state index contributed by atoms with van der Waals surface area (Å²) in [4.78, 5) is 19.5. The van der Waals surface area contributed by atoms with Gasteiger partial charge in [-0.1, -0.05) is 16.8 Å². The molecule has 1 aromatic heterocycles. The number of carbonyl (C=O) groups excluding carboxylic acids is 1. The average Bonchev–Trinajstić information content (AvgIpc) is 3.30. The molecule has 2 aliphatic rings. The molecule has 4 rings (SSSR count). The van der Waals surface area contributed by atoms with Crippen LogP contribution in [-0.4, -0.2) is 47.8 Å². The van der Waals surface area contributed by atoms with Crippen molar-refractivity contribution in [3.05, 3.63) is 47.6 Å². The lowest BCUT2D eigenvalue weighted by molar-refractivity contribution is -0.132. The van der Waals surface area contributed by atoms with Crippen molar-refractivity contribution in [1.29, 1.82) is 0 Å². The van der Waals surface area contributed by atoms with Gasteiger partial charge >= 0.3 is 0 Å². The van der Waals surface area contributed by atoms with Gasteiger partial charge in [0.1, 0.15) is 5.82 Å². The Balaban J connectivity index is 1.46. The van der Waals surface area contributed by atoms with E-state index in [1.807, 2.05) is 4.90 Å². The molecule has 1 fully saturated rings. The molecular weight excluding hydrogens is 397 g/mol. The van der Waals surface area contributed by atoms with E-state index in [9.17, 15) is 9.18 Å². The van der Waals surface area contributed by atoms with Gasteiger partial charge in [0.2, 0.25) is 5.91 Å². The Morgan fingerprint density at radius 1 is 1.23 bits per heavy atom. The Morgan fingerprint density at radius 2 is 2.00 bits per heavy atom. The summed E-state index contributed by atoms with van der Waals surface area (Å²) in [7, 11) is 1.68. The van der Waals surface area contributed by atoms with E-state index in [1.165, 1.54) is 30.5 Å².